The maximum Gasteiger partial charge on any atom is 0.331 e. The van der Waals surface area contributed by atoms with Crippen molar-refractivity contribution in [3.63, 3.8) is 0 Å². The molecule has 184 valence electrons. The molecule has 1 heterocycles. The van der Waals surface area contributed by atoms with E-state index in [0.29, 0.717) is 33.0 Å². The molecular formula is C26H27Cl2N3O4. The average Bonchev–Trinajstić information content (AvgIpc) is 2.79. The molecule has 1 aromatic heterocycles. The van der Waals surface area contributed by atoms with Crippen LogP contribution in [0.2, 0.25) is 10.0 Å². The van der Waals surface area contributed by atoms with Gasteiger partial charge in [0.15, 0.2) is 0 Å². The Hall–Kier alpha value is -3.29. The van der Waals surface area contributed by atoms with Crippen LogP contribution in [0, 0.1) is 0 Å². The second-order valence-corrected chi connectivity index (χ2v) is 8.87. The minimum Gasteiger partial charge on any atom is -0.489 e. The van der Waals surface area contributed by atoms with Gasteiger partial charge in [0.2, 0.25) is 5.95 Å². The molecule has 0 bridgehead atoms. The van der Waals surface area contributed by atoms with Gasteiger partial charge in [0.25, 0.3) is 5.56 Å². The van der Waals surface area contributed by atoms with E-state index in [1.807, 2.05) is 26.0 Å². The summed E-state index contributed by atoms with van der Waals surface area (Å²) in [5, 5.41) is 4.19. The van der Waals surface area contributed by atoms with Crippen LogP contribution in [0.5, 0.6) is 5.75 Å². The van der Waals surface area contributed by atoms with Crippen LogP contribution in [-0.4, -0.2) is 28.2 Å². The molecule has 3 rings (SSSR count). The molecule has 35 heavy (non-hydrogen) atoms. The van der Waals surface area contributed by atoms with Crippen molar-refractivity contribution in [2.75, 3.05) is 11.9 Å². The summed E-state index contributed by atoms with van der Waals surface area (Å²) in [5.74, 6) is 0.356. The Balaban J connectivity index is 2.02. The number of hydrogen-bond donors (Lipinski definition) is 1. The lowest BCUT2D eigenvalue weighted by atomic mass is 10.1. The maximum absolute atomic E-state index is 13.5. The van der Waals surface area contributed by atoms with Crippen molar-refractivity contribution in [1.82, 2.24) is 9.55 Å². The van der Waals surface area contributed by atoms with Crippen LogP contribution in [0.15, 0.2) is 59.5 Å². The van der Waals surface area contributed by atoms with E-state index in [0.717, 1.165) is 5.56 Å². The van der Waals surface area contributed by atoms with Crippen LogP contribution in [-0.2, 0) is 16.1 Å². The summed E-state index contributed by atoms with van der Waals surface area (Å²) in [6.07, 6.45) is 2.71. The minimum atomic E-state index is -0.519. The summed E-state index contributed by atoms with van der Waals surface area (Å²) in [6.45, 7) is 7.70. The predicted octanol–water partition coefficient (Wildman–Crippen LogP) is 6.10. The zero-order chi connectivity index (χ0) is 25.5. The van der Waals surface area contributed by atoms with Crippen LogP contribution in [0.25, 0.3) is 5.57 Å². The Morgan fingerprint density at radius 1 is 1.17 bits per heavy atom. The smallest absolute Gasteiger partial charge is 0.331 e. The highest BCUT2D eigenvalue weighted by molar-refractivity contribution is 6.32. The molecule has 1 N–H and O–H groups in total. The predicted molar refractivity (Wildman–Crippen MR) is 140 cm³/mol. The highest BCUT2D eigenvalue weighted by atomic mass is 35.5. The zero-order valence-corrected chi connectivity index (χ0v) is 21.5. The van der Waals surface area contributed by atoms with Gasteiger partial charge in [-0.05, 0) is 69.2 Å². The number of esters is 1. The highest BCUT2D eigenvalue weighted by Crippen LogP contribution is 2.29. The molecular weight excluding hydrogens is 489 g/mol. The van der Waals surface area contributed by atoms with Crippen LogP contribution in [0.4, 0.5) is 11.6 Å². The number of allylic oxidation sites excluding steroid dienone is 1. The SMILES string of the molecule is CCOC(=O)/C=C(\C)c1cnc(Nc2ccc(OC(C)C)c(Cl)c2)n(Cc2ccc(Cl)cc2)c1=O. The van der Waals surface area contributed by atoms with Crippen molar-refractivity contribution in [2.24, 2.45) is 0 Å². The fourth-order valence-electron chi connectivity index (χ4n) is 3.28. The number of aromatic nitrogens is 2. The Labute approximate surface area is 214 Å². The van der Waals surface area contributed by atoms with Gasteiger partial charge in [-0.1, -0.05) is 35.3 Å². The largest absolute Gasteiger partial charge is 0.489 e. The number of rotatable bonds is 9. The molecule has 0 spiro atoms. The number of carbonyl (C=O) groups is 1. The third kappa shape index (κ3) is 7.10. The summed E-state index contributed by atoms with van der Waals surface area (Å²) < 4.78 is 12.1. The molecule has 9 heteroatoms. The van der Waals surface area contributed by atoms with E-state index in [1.54, 1.807) is 44.2 Å². The number of ether oxygens (including phenoxy) is 2. The Morgan fingerprint density at radius 2 is 1.89 bits per heavy atom. The van der Waals surface area contributed by atoms with Crippen molar-refractivity contribution in [2.45, 2.75) is 40.3 Å². The van der Waals surface area contributed by atoms with Gasteiger partial charge < -0.3 is 14.8 Å². The molecule has 0 fully saturated rings. The molecule has 0 saturated heterocycles. The normalized spacial score (nSPS) is 11.5. The van der Waals surface area contributed by atoms with Crippen molar-refractivity contribution >= 4 is 46.4 Å². The summed E-state index contributed by atoms with van der Waals surface area (Å²) in [7, 11) is 0. The monoisotopic (exact) mass is 515 g/mol. The van der Waals surface area contributed by atoms with E-state index >= 15 is 0 Å². The van der Waals surface area contributed by atoms with E-state index in [4.69, 9.17) is 32.7 Å². The summed E-state index contributed by atoms with van der Waals surface area (Å²) in [5.41, 5.74) is 1.91. The molecule has 0 aliphatic heterocycles. The third-order valence-corrected chi connectivity index (χ3v) is 5.44. The highest BCUT2D eigenvalue weighted by Gasteiger charge is 2.15. The number of benzene rings is 2. The average molecular weight is 516 g/mol. The first-order valence-corrected chi connectivity index (χ1v) is 11.9. The van der Waals surface area contributed by atoms with Gasteiger partial charge in [0.05, 0.1) is 29.8 Å². The van der Waals surface area contributed by atoms with Crippen LogP contribution >= 0.6 is 23.2 Å². The van der Waals surface area contributed by atoms with Crippen molar-refractivity contribution in [3.8, 4) is 5.75 Å². The molecule has 3 aromatic rings. The first-order valence-electron chi connectivity index (χ1n) is 11.1. The molecule has 0 amide bonds. The lowest BCUT2D eigenvalue weighted by Crippen LogP contribution is -2.27. The van der Waals surface area contributed by atoms with Gasteiger partial charge in [-0.25, -0.2) is 9.78 Å². The third-order valence-electron chi connectivity index (χ3n) is 4.90. The number of nitrogens with one attached hydrogen (secondary N) is 1. The lowest BCUT2D eigenvalue weighted by molar-refractivity contribution is -0.137. The van der Waals surface area contributed by atoms with Crippen molar-refractivity contribution in [3.05, 3.63) is 86.3 Å². The first-order chi connectivity index (χ1) is 16.7. The fraction of sp³-hybridized carbons (Fsp3) is 0.269. The minimum absolute atomic E-state index is 0.0176. The Kier molecular flexibility index (Phi) is 8.95. The molecule has 0 atom stereocenters. The summed E-state index contributed by atoms with van der Waals surface area (Å²) >= 11 is 12.4. The summed E-state index contributed by atoms with van der Waals surface area (Å²) in [4.78, 5) is 29.9. The first kappa shape index (κ1) is 26.3. The Bertz CT molecular complexity index is 1280. The van der Waals surface area contributed by atoms with Gasteiger partial charge in [-0.3, -0.25) is 9.36 Å². The van der Waals surface area contributed by atoms with Gasteiger partial charge in [-0.2, -0.15) is 0 Å². The quantitative estimate of drug-likeness (QED) is 0.274. The molecule has 0 aliphatic carbocycles. The van der Waals surface area contributed by atoms with E-state index < -0.39 is 5.97 Å². The second kappa shape index (κ2) is 11.9. The molecule has 2 aromatic carbocycles. The maximum atomic E-state index is 13.5. The lowest BCUT2D eigenvalue weighted by Gasteiger charge is -2.17. The number of hydrogen-bond acceptors (Lipinski definition) is 6. The molecule has 0 aliphatic rings. The second-order valence-electron chi connectivity index (χ2n) is 8.03. The van der Waals surface area contributed by atoms with E-state index in [2.05, 4.69) is 10.3 Å². The molecule has 0 saturated carbocycles. The number of nitrogens with zero attached hydrogens (tertiary/aromatic N) is 2. The number of carbonyl (C=O) groups excluding carboxylic acids is 1. The summed E-state index contributed by atoms with van der Waals surface area (Å²) in [6, 6.07) is 12.4. The Morgan fingerprint density at radius 3 is 2.51 bits per heavy atom. The van der Waals surface area contributed by atoms with Gasteiger partial charge in [0.1, 0.15) is 5.75 Å². The van der Waals surface area contributed by atoms with Gasteiger partial charge in [0, 0.05) is 23.0 Å². The van der Waals surface area contributed by atoms with Crippen LogP contribution in [0.1, 0.15) is 38.8 Å². The molecule has 7 nitrogen and oxygen atoms in total. The van der Waals surface area contributed by atoms with E-state index in [9.17, 15) is 9.59 Å². The van der Waals surface area contributed by atoms with Gasteiger partial charge in [-0.15, -0.1) is 0 Å². The van der Waals surface area contributed by atoms with E-state index in [-0.39, 0.29) is 30.4 Å². The van der Waals surface area contributed by atoms with Crippen molar-refractivity contribution in [1.29, 1.82) is 0 Å². The van der Waals surface area contributed by atoms with Crippen LogP contribution in [0.3, 0.4) is 0 Å². The fourth-order valence-corrected chi connectivity index (χ4v) is 3.63. The topological polar surface area (TPSA) is 82.4 Å². The number of halogens is 2. The van der Waals surface area contributed by atoms with Gasteiger partial charge >= 0.3 is 5.97 Å². The van der Waals surface area contributed by atoms with Crippen molar-refractivity contribution < 1.29 is 14.3 Å². The standard InChI is InChI=1S/C26H27Cl2N3O4/c1-5-34-24(32)12-17(4)21-14-29-26(30-20-10-11-23(22(28)13-20)35-16(2)3)31(25(21)33)15-18-6-8-19(27)9-7-18/h6-14,16H,5,15H2,1-4H3,(H,29,30)/b17-12+. The molecule has 0 unspecified atom stereocenters. The van der Waals surface area contributed by atoms with E-state index in [1.165, 1.54) is 16.8 Å². The molecule has 0 radical (unpaired) electrons. The van der Waals surface area contributed by atoms with Crippen LogP contribution < -0.4 is 15.6 Å². The zero-order valence-electron chi connectivity index (χ0n) is 20.0. The number of anilines is 2.